The molecule has 25 heavy (non-hydrogen) atoms. The molecule has 0 fully saturated rings. The summed E-state index contributed by atoms with van der Waals surface area (Å²) in [7, 11) is 1.78. The van der Waals surface area contributed by atoms with Crippen molar-refractivity contribution in [2.75, 3.05) is 20.1 Å². The average molecular weight is 364 g/mol. The van der Waals surface area contributed by atoms with Crippen molar-refractivity contribution in [1.82, 2.24) is 30.4 Å². The Hall–Kier alpha value is -1.96. The molecule has 2 N–H and O–H groups in total. The maximum atomic E-state index is 4.72. The van der Waals surface area contributed by atoms with Crippen molar-refractivity contribution in [3.8, 4) is 0 Å². The molecule has 2 heterocycles. The van der Waals surface area contributed by atoms with Crippen LogP contribution in [0.2, 0.25) is 0 Å². The fourth-order valence-electron chi connectivity index (χ4n) is 2.31. The SMILES string of the molecule is CCc1nncn1CCNC(=NC)NCCc1nc(C(C)(C)C)cs1. The van der Waals surface area contributed by atoms with Crippen molar-refractivity contribution in [3.63, 3.8) is 0 Å². The molecule has 7 nitrogen and oxygen atoms in total. The summed E-state index contributed by atoms with van der Waals surface area (Å²) in [4.78, 5) is 8.98. The number of aryl methyl sites for hydroxylation is 1. The zero-order valence-electron chi connectivity index (χ0n) is 15.8. The van der Waals surface area contributed by atoms with E-state index in [1.165, 1.54) is 0 Å². The number of aliphatic imine (C=N–C) groups is 1. The Morgan fingerprint density at radius 3 is 2.68 bits per heavy atom. The van der Waals surface area contributed by atoms with Gasteiger partial charge in [-0.05, 0) is 0 Å². The third-order valence-corrected chi connectivity index (χ3v) is 4.74. The first-order chi connectivity index (χ1) is 11.9. The minimum Gasteiger partial charge on any atom is -0.356 e. The third kappa shape index (κ3) is 5.81. The van der Waals surface area contributed by atoms with E-state index in [2.05, 4.69) is 63.5 Å². The van der Waals surface area contributed by atoms with Gasteiger partial charge in [-0.15, -0.1) is 21.5 Å². The molecule has 0 spiro atoms. The number of nitrogens with zero attached hydrogens (tertiary/aromatic N) is 5. The molecule has 0 aliphatic rings. The van der Waals surface area contributed by atoms with E-state index in [0.717, 1.165) is 55.0 Å². The van der Waals surface area contributed by atoms with E-state index in [1.807, 2.05) is 0 Å². The topological polar surface area (TPSA) is 80.0 Å². The Morgan fingerprint density at radius 1 is 1.28 bits per heavy atom. The van der Waals surface area contributed by atoms with Gasteiger partial charge >= 0.3 is 0 Å². The standard InChI is InChI=1S/C17H29N7S/c1-6-14-23-21-12-24(14)10-9-20-16(18-5)19-8-7-15-22-13(11-25-15)17(2,3)4/h11-12H,6-10H2,1-5H3,(H2,18,19,20). The number of hydrogen-bond acceptors (Lipinski definition) is 5. The first kappa shape index (κ1) is 19.4. The normalized spacial score (nSPS) is 12.4. The Balaban J connectivity index is 1.72. The van der Waals surface area contributed by atoms with Gasteiger partial charge in [0.1, 0.15) is 12.2 Å². The second-order valence-corrected chi connectivity index (χ2v) is 7.79. The van der Waals surface area contributed by atoms with Crippen molar-refractivity contribution < 1.29 is 0 Å². The summed E-state index contributed by atoms with van der Waals surface area (Å²) in [6, 6.07) is 0. The molecule has 0 unspecified atom stereocenters. The van der Waals surface area contributed by atoms with E-state index >= 15 is 0 Å². The van der Waals surface area contributed by atoms with Crippen LogP contribution in [-0.2, 0) is 24.8 Å². The summed E-state index contributed by atoms with van der Waals surface area (Å²) in [5.41, 5.74) is 1.27. The maximum Gasteiger partial charge on any atom is 0.191 e. The fraction of sp³-hybridized carbons (Fsp3) is 0.647. The van der Waals surface area contributed by atoms with Crippen LogP contribution in [0.1, 0.15) is 44.2 Å². The quantitative estimate of drug-likeness (QED) is 0.581. The van der Waals surface area contributed by atoms with Crippen LogP contribution < -0.4 is 10.6 Å². The highest BCUT2D eigenvalue weighted by Crippen LogP contribution is 2.23. The number of guanidine groups is 1. The fourth-order valence-corrected chi connectivity index (χ4v) is 3.34. The molecule has 0 saturated carbocycles. The van der Waals surface area contributed by atoms with Crippen LogP contribution in [0.3, 0.4) is 0 Å². The van der Waals surface area contributed by atoms with Gasteiger partial charge in [0.05, 0.1) is 10.7 Å². The van der Waals surface area contributed by atoms with E-state index in [-0.39, 0.29) is 5.41 Å². The number of hydrogen-bond donors (Lipinski definition) is 2. The van der Waals surface area contributed by atoms with E-state index in [9.17, 15) is 0 Å². The molecule has 0 amide bonds. The largest absolute Gasteiger partial charge is 0.356 e. The molecule has 2 aromatic rings. The Bertz CT molecular complexity index is 681. The van der Waals surface area contributed by atoms with Crippen LogP contribution in [0, 0.1) is 0 Å². The van der Waals surface area contributed by atoms with Gasteiger partial charge in [0.25, 0.3) is 0 Å². The highest BCUT2D eigenvalue weighted by molar-refractivity contribution is 7.09. The van der Waals surface area contributed by atoms with Crippen LogP contribution in [-0.4, -0.2) is 45.8 Å². The zero-order chi connectivity index (χ0) is 18.3. The summed E-state index contributed by atoms with van der Waals surface area (Å²) in [5.74, 6) is 1.81. The Labute approximate surface area is 154 Å². The lowest BCUT2D eigenvalue weighted by Crippen LogP contribution is -2.39. The predicted molar refractivity (Wildman–Crippen MR) is 103 cm³/mol. The van der Waals surface area contributed by atoms with Crippen molar-refractivity contribution >= 4 is 17.3 Å². The third-order valence-electron chi connectivity index (χ3n) is 3.83. The van der Waals surface area contributed by atoms with E-state index in [0.29, 0.717) is 0 Å². The van der Waals surface area contributed by atoms with E-state index in [1.54, 1.807) is 24.7 Å². The summed E-state index contributed by atoms with van der Waals surface area (Å²) < 4.78 is 2.06. The van der Waals surface area contributed by atoms with Gasteiger partial charge in [0.2, 0.25) is 0 Å². The highest BCUT2D eigenvalue weighted by Gasteiger charge is 2.17. The summed E-state index contributed by atoms with van der Waals surface area (Å²) in [5, 5.41) is 18.0. The van der Waals surface area contributed by atoms with Gasteiger partial charge < -0.3 is 15.2 Å². The molecular formula is C17H29N7S. The van der Waals surface area contributed by atoms with Gasteiger partial charge in [0, 0.05) is 50.3 Å². The van der Waals surface area contributed by atoms with Gasteiger partial charge in [0.15, 0.2) is 5.96 Å². The molecule has 138 valence electrons. The van der Waals surface area contributed by atoms with Gasteiger partial charge in [-0.3, -0.25) is 4.99 Å². The maximum absolute atomic E-state index is 4.72. The lowest BCUT2D eigenvalue weighted by molar-refractivity contribution is 0.570. The minimum atomic E-state index is 0.110. The van der Waals surface area contributed by atoms with E-state index < -0.39 is 0 Å². The highest BCUT2D eigenvalue weighted by atomic mass is 32.1. The van der Waals surface area contributed by atoms with Crippen LogP contribution >= 0.6 is 11.3 Å². The molecule has 0 atom stereocenters. The van der Waals surface area contributed by atoms with Crippen molar-refractivity contribution in [2.24, 2.45) is 4.99 Å². The lowest BCUT2D eigenvalue weighted by atomic mass is 9.93. The zero-order valence-corrected chi connectivity index (χ0v) is 16.7. The average Bonchev–Trinajstić information content (AvgIpc) is 3.21. The second kappa shape index (κ2) is 8.94. The van der Waals surface area contributed by atoms with Crippen molar-refractivity contribution in [2.45, 2.75) is 52.5 Å². The van der Waals surface area contributed by atoms with Gasteiger partial charge in [-0.25, -0.2) is 4.98 Å². The van der Waals surface area contributed by atoms with Crippen LogP contribution in [0.15, 0.2) is 16.7 Å². The molecule has 0 radical (unpaired) electrons. The molecule has 0 aromatic carbocycles. The minimum absolute atomic E-state index is 0.110. The lowest BCUT2D eigenvalue weighted by Gasteiger charge is -2.14. The number of nitrogens with one attached hydrogen (secondary N) is 2. The molecule has 2 aromatic heterocycles. The molecule has 2 rings (SSSR count). The predicted octanol–water partition coefficient (Wildman–Crippen LogP) is 2.00. The van der Waals surface area contributed by atoms with Crippen LogP contribution in [0.5, 0.6) is 0 Å². The number of aromatic nitrogens is 4. The first-order valence-electron chi connectivity index (χ1n) is 8.70. The van der Waals surface area contributed by atoms with Crippen molar-refractivity contribution in [1.29, 1.82) is 0 Å². The molecule has 0 bridgehead atoms. The van der Waals surface area contributed by atoms with Crippen molar-refractivity contribution in [3.05, 3.63) is 28.2 Å². The molecule has 0 saturated heterocycles. The molecule has 0 aliphatic heterocycles. The van der Waals surface area contributed by atoms with Gasteiger partial charge in [-0.2, -0.15) is 0 Å². The summed E-state index contributed by atoms with van der Waals surface area (Å²) in [6.07, 6.45) is 3.55. The summed E-state index contributed by atoms with van der Waals surface area (Å²) >= 11 is 1.73. The smallest absolute Gasteiger partial charge is 0.191 e. The Kier molecular flexibility index (Phi) is 6.92. The molecule has 8 heteroatoms. The second-order valence-electron chi connectivity index (χ2n) is 6.85. The first-order valence-corrected chi connectivity index (χ1v) is 9.58. The van der Waals surface area contributed by atoms with Crippen LogP contribution in [0.25, 0.3) is 0 Å². The number of thiazole rings is 1. The monoisotopic (exact) mass is 363 g/mol. The number of rotatable bonds is 7. The molecular weight excluding hydrogens is 334 g/mol. The summed E-state index contributed by atoms with van der Waals surface area (Å²) in [6.45, 7) is 11.1. The molecule has 0 aliphatic carbocycles. The van der Waals surface area contributed by atoms with E-state index in [4.69, 9.17) is 4.98 Å². The van der Waals surface area contributed by atoms with Gasteiger partial charge in [-0.1, -0.05) is 27.7 Å². The van der Waals surface area contributed by atoms with Crippen LogP contribution in [0.4, 0.5) is 0 Å². The Morgan fingerprint density at radius 2 is 2.04 bits per heavy atom.